The molecule has 4 amide bonds. The maximum atomic E-state index is 17.0. The lowest BCUT2D eigenvalue weighted by molar-refractivity contribution is -0.138. The van der Waals surface area contributed by atoms with Crippen molar-refractivity contribution in [2.45, 2.75) is 88.6 Å². The largest absolute Gasteiger partial charge is 0.497 e. The first-order valence-electron chi connectivity index (χ1n) is 24.8. The number of hydrogen-bond donors (Lipinski definition) is 4. The molecule has 73 heavy (non-hydrogen) atoms. The smallest absolute Gasteiger partial charge is 0.407 e. The molecule has 3 aromatic carbocycles. The van der Waals surface area contributed by atoms with Gasteiger partial charge in [-0.25, -0.2) is 28.3 Å². The van der Waals surface area contributed by atoms with Crippen molar-refractivity contribution in [3.63, 3.8) is 0 Å². The summed E-state index contributed by atoms with van der Waals surface area (Å²) in [4.78, 5) is 72.4. The van der Waals surface area contributed by atoms with E-state index in [9.17, 15) is 19.2 Å². The van der Waals surface area contributed by atoms with Crippen LogP contribution in [0.4, 0.5) is 18.4 Å². The summed E-state index contributed by atoms with van der Waals surface area (Å²) in [5, 5.41) is 6.23. The Morgan fingerprint density at radius 3 is 2.27 bits per heavy atom. The second-order valence-corrected chi connectivity index (χ2v) is 19.9. The zero-order chi connectivity index (χ0) is 50.8. The second-order valence-electron chi connectivity index (χ2n) is 19.9. The number of ether oxygens (including phenoxy) is 5. The van der Waals surface area contributed by atoms with Gasteiger partial charge in [0.25, 0.3) is 0 Å². The molecule has 20 heteroatoms. The molecule has 4 aliphatic heterocycles. The van der Waals surface area contributed by atoms with E-state index in [1.54, 1.807) is 33.2 Å². The molecule has 0 radical (unpaired) electrons. The Kier molecular flexibility index (Phi) is 12.6. The summed E-state index contributed by atoms with van der Waals surface area (Å²) in [6.07, 6.45) is 2.73. The van der Waals surface area contributed by atoms with E-state index in [2.05, 4.69) is 25.6 Å². The van der Waals surface area contributed by atoms with Crippen molar-refractivity contribution in [2.75, 3.05) is 41.1 Å². The molecule has 5 aliphatic rings. The lowest BCUT2D eigenvalue weighted by Gasteiger charge is -2.35. The van der Waals surface area contributed by atoms with E-state index in [-0.39, 0.29) is 54.1 Å². The maximum absolute atomic E-state index is 17.0. The molecule has 6 aromatic rings. The number of hydrogen-bond acceptors (Lipinski definition) is 11. The number of methoxy groups -OCH3 is 3. The highest BCUT2D eigenvalue weighted by atomic mass is 19.1. The third-order valence-corrected chi connectivity index (χ3v) is 15.2. The summed E-state index contributed by atoms with van der Waals surface area (Å²) in [6.45, 7) is 4.40. The number of H-pyrrole nitrogens is 2. The summed E-state index contributed by atoms with van der Waals surface area (Å²) < 4.78 is 61.8. The molecule has 4 fully saturated rings. The minimum Gasteiger partial charge on any atom is -0.497 e. The second kappa shape index (κ2) is 19.2. The minimum atomic E-state index is -1.33. The summed E-state index contributed by atoms with van der Waals surface area (Å²) in [5.41, 5.74) is 4.77. The van der Waals surface area contributed by atoms with Crippen molar-refractivity contribution >= 4 is 34.9 Å². The van der Waals surface area contributed by atoms with E-state index in [1.165, 1.54) is 31.4 Å². The predicted octanol–water partition coefficient (Wildman–Crippen LogP) is 7.98. The normalized spacial score (nSPS) is 23.0. The number of alkyl halides is 1. The first kappa shape index (κ1) is 47.8. The molecule has 18 nitrogen and oxygen atoms in total. The van der Waals surface area contributed by atoms with Gasteiger partial charge in [-0.2, -0.15) is 0 Å². The number of nitrogens with zero attached hydrogens (tertiary/aromatic N) is 5. The van der Waals surface area contributed by atoms with Crippen molar-refractivity contribution in [1.29, 1.82) is 0 Å². The molecular weight excluding hydrogens is 945 g/mol. The first-order valence-corrected chi connectivity index (χ1v) is 24.8. The molecule has 11 rings (SSSR count). The number of rotatable bonds is 12. The monoisotopic (exact) mass is 1000 g/mol. The number of imidazole rings is 2. The van der Waals surface area contributed by atoms with Gasteiger partial charge in [-0.15, -0.1) is 0 Å². The van der Waals surface area contributed by atoms with Crippen LogP contribution < -0.4 is 20.1 Å². The molecule has 8 atom stereocenters. The highest BCUT2D eigenvalue weighted by molar-refractivity contribution is 5.93. The van der Waals surface area contributed by atoms with Gasteiger partial charge in [-0.05, 0) is 85.9 Å². The molecule has 1 unspecified atom stereocenters. The number of halogens is 2. The van der Waals surface area contributed by atoms with Gasteiger partial charge in [0, 0.05) is 47.8 Å². The Morgan fingerprint density at radius 2 is 1.55 bits per heavy atom. The number of benzene rings is 3. The van der Waals surface area contributed by atoms with Crippen molar-refractivity contribution in [1.82, 2.24) is 44.9 Å². The molecule has 4 N–H and O–H groups in total. The average Bonchev–Trinajstić information content (AvgIpc) is 4.03. The van der Waals surface area contributed by atoms with Crippen LogP contribution in [0.2, 0.25) is 0 Å². The van der Waals surface area contributed by atoms with Crippen LogP contribution in [0.25, 0.3) is 44.7 Å². The first-order chi connectivity index (χ1) is 35.3. The van der Waals surface area contributed by atoms with Gasteiger partial charge >= 0.3 is 12.2 Å². The van der Waals surface area contributed by atoms with Gasteiger partial charge in [0.05, 0.1) is 80.5 Å². The van der Waals surface area contributed by atoms with Crippen LogP contribution in [0.5, 0.6) is 11.5 Å². The number of aromatic amines is 2. The Morgan fingerprint density at radius 1 is 0.822 bits per heavy atom. The Balaban J connectivity index is 0.908. The van der Waals surface area contributed by atoms with Crippen molar-refractivity contribution < 1.29 is 51.6 Å². The molecule has 1 saturated carbocycles. The molecule has 7 heterocycles. The van der Waals surface area contributed by atoms with Crippen LogP contribution in [-0.4, -0.2) is 124 Å². The van der Waals surface area contributed by atoms with Crippen LogP contribution in [-0.2, 0) is 23.8 Å². The molecule has 382 valence electrons. The van der Waals surface area contributed by atoms with Crippen molar-refractivity contribution in [3.8, 4) is 45.3 Å². The molecule has 3 saturated heterocycles. The van der Waals surface area contributed by atoms with Crippen molar-refractivity contribution in [2.24, 2.45) is 17.8 Å². The molecular formula is C53H57F2N9O9. The number of fused-ring (bicyclic) bond motifs is 6. The maximum Gasteiger partial charge on any atom is 0.407 e. The van der Waals surface area contributed by atoms with E-state index in [0.29, 0.717) is 66.3 Å². The predicted molar refractivity (Wildman–Crippen MR) is 261 cm³/mol. The highest BCUT2D eigenvalue weighted by Gasteiger charge is 2.57. The number of likely N-dealkylation sites (tertiary alicyclic amines) is 2. The zero-order valence-corrected chi connectivity index (χ0v) is 41.0. The lowest BCUT2D eigenvalue weighted by atomic mass is 9.90. The SMILES string of the molecule is COC(=O)N[C@H](C(=O)N1C[C@H](F)C[C@H]1c1ncc(-c2cc(F)c3c(c2)O[C@@H](c2cccc(OC)c2)n2c-3cc3cc(-c4cnc([C@@H]5CC6C[C@H]6N5C(=O)[C@@H](NC(=O)OC)C5CCOCC5)[nH]4)ccc32)[nH]1)C(C)C. The van der Waals surface area contributed by atoms with E-state index in [0.717, 1.165) is 40.6 Å². The van der Waals surface area contributed by atoms with E-state index >= 15 is 8.78 Å². The van der Waals surface area contributed by atoms with Gasteiger partial charge < -0.3 is 58.7 Å². The van der Waals surface area contributed by atoms with Crippen LogP contribution >= 0.6 is 0 Å². The number of nitrogens with one attached hydrogen (secondary N) is 4. The van der Waals surface area contributed by atoms with Crippen LogP contribution in [0.1, 0.15) is 81.5 Å². The standard InChI is InChI=1S/C53H57F2N9O9/c1-26(2)45(60-52(67)70-4)49(65)62-25-33(54)22-41(62)47-56-24-37(59-47)30-17-35(55)44-40-19-31-15-28(9-10-38(31)64(40)51(73-43(44)21-30)29-7-6-8-34(16-29)69-3)36-23-57-48(58-36)42-20-32-18-39(32)63(42)50(66)46(61-53(68)71-5)27-11-13-72-14-12-27/h6-10,15-17,19,21,23-24,26-27,32-33,39,41-42,45-46,51H,11-14,18,20,22,25H2,1-5H3,(H,56,59)(H,57,58)(H,60,67)(H,61,68)/t32?,33-,39-,41+,42+,45+,46+,51+/m1/s1. The third-order valence-electron chi connectivity index (χ3n) is 15.2. The van der Waals surface area contributed by atoms with Gasteiger partial charge in [0.1, 0.15) is 47.2 Å². The summed E-state index contributed by atoms with van der Waals surface area (Å²) in [6, 6.07) is 15.8. The Hall–Kier alpha value is -7.48. The van der Waals surface area contributed by atoms with E-state index < -0.39 is 54.4 Å². The number of amides is 4. The van der Waals surface area contributed by atoms with E-state index in [4.69, 9.17) is 28.7 Å². The fourth-order valence-corrected chi connectivity index (χ4v) is 11.4. The van der Waals surface area contributed by atoms with Gasteiger partial charge in [-0.1, -0.05) is 32.0 Å². The number of carbonyl (C=O) groups excluding carboxylic acids is 4. The Bertz CT molecular complexity index is 3110. The van der Waals surface area contributed by atoms with Gasteiger partial charge in [0.15, 0.2) is 0 Å². The topological polar surface area (TPSA) is 207 Å². The number of aromatic nitrogens is 5. The summed E-state index contributed by atoms with van der Waals surface area (Å²) >= 11 is 0. The van der Waals surface area contributed by atoms with Gasteiger partial charge in [0.2, 0.25) is 18.0 Å². The average molecular weight is 1000 g/mol. The quantitative estimate of drug-likeness (QED) is 0.0925. The zero-order valence-electron chi connectivity index (χ0n) is 41.0. The van der Waals surface area contributed by atoms with Crippen molar-refractivity contribution in [3.05, 3.63) is 96.1 Å². The number of carbonyl (C=O) groups is 4. The fraction of sp³-hybridized carbons (Fsp3) is 0.434. The summed E-state index contributed by atoms with van der Waals surface area (Å²) in [7, 11) is 4.09. The fourth-order valence-electron chi connectivity index (χ4n) is 11.4. The Labute approximate surface area is 419 Å². The minimum absolute atomic E-state index is 0.0183. The van der Waals surface area contributed by atoms with Crippen LogP contribution in [0.3, 0.4) is 0 Å². The molecule has 0 spiro atoms. The molecule has 0 bridgehead atoms. The number of piperidine rings is 1. The highest BCUT2D eigenvalue weighted by Crippen LogP contribution is 2.54. The van der Waals surface area contributed by atoms with E-state index in [1.807, 2.05) is 58.0 Å². The molecule has 3 aromatic heterocycles. The molecule has 1 aliphatic carbocycles. The lowest BCUT2D eigenvalue weighted by Crippen LogP contribution is -2.54. The third kappa shape index (κ3) is 8.78. The number of alkyl carbamates (subject to hydrolysis) is 2. The van der Waals surface area contributed by atoms with Gasteiger partial charge in [-0.3, -0.25) is 9.59 Å². The van der Waals surface area contributed by atoms with Crippen LogP contribution in [0.15, 0.2) is 73.1 Å². The van der Waals surface area contributed by atoms with Crippen LogP contribution in [0, 0.1) is 23.6 Å². The summed E-state index contributed by atoms with van der Waals surface area (Å²) in [5.74, 6) is 0.647.